The van der Waals surface area contributed by atoms with Crippen molar-refractivity contribution >= 4 is 22.8 Å². The molecule has 2 bridgehead atoms. The number of hydrogen-bond acceptors (Lipinski definition) is 6. The van der Waals surface area contributed by atoms with E-state index in [0.29, 0.717) is 6.42 Å². The van der Waals surface area contributed by atoms with Gasteiger partial charge in [0.1, 0.15) is 17.6 Å². The lowest BCUT2D eigenvalue weighted by Gasteiger charge is -2.54. The molecular formula is C31H32F2N4O4. The Hall–Kier alpha value is -3.79. The van der Waals surface area contributed by atoms with Gasteiger partial charge in [0.05, 0.1) is 34.6 Å². The van der Waals surface area contributed by atoms with Gasteiger partial charge in [-0.1, -0.05) is 11.2 Å². The van der Waals surface area contributed by atoms with Crippen molar-refractivity contribution in [2.45, 2.75) is 76.0 Å². The van der Waals surface area contributed by atoms with Crippen molar-refractivity contribution in [3.63, 3.8) is 0 Å². The highest BCUT2D eigenvalue weighted by Crippen LogP contribution is 2.54. The largest absolute Gasteiger partial charge is 0.449 e. The topological polar surface area (TPSA) is 82.6 Å². The molecule has 2 aromatic heterocycles. The minimum atomic E-state index is -1.02. The van der Waals surface area contributed by atoms with Gasteiger partial charge in [-0.05, 0) is 82.2 Å². The highest BCUT2D eigenvalue weighted by molar-refractivity contribution is 5.90. The summed E-state index contributed by atoms with van der Waals surface area (Å²) in [5, 5.41) is 4.12. The normalized spacial score (nSPS) is 26.1. The highest BCUT2D eigenvalue weighted by atomic mass is 19.2. The fourth-order valence-electron chi connectivity index (χ4n) is 7.39. The van der Waals surface area contributed by atoms with Gasteiger partial charge in [0.15, 0.2) is 11.6 Å². The molecule has 3 saturated carbocycles. The maximum atomic E-state index is 14.4. The molecule has 1 atom stereocenters. The van der Waals surface area contributed by atoms with Crippen molar-refractivity contribution in [2.24, 2.45) is 0 Å². The van der Waals surface area contributed by atoms with Crippen LogP contribution in [0.1, 0.15) is 68.3 Å². The number of anilines is 1. The number of imidazole rings is 1. The first-order valence-corrected chi connectivity index (χ1v) is 14.2. The number of nitrogens with zero attached hydrogens (tertiary/aromatic N) is 4. The molecule has 1 amide bonds. The predicted octanol–water partition coefficient (Wildman–Crippen LogP) is 7.12. The summed E-state index contributed by atoms with van der Waals surface area (Å²) in [6, 6.07) is 9.18. The number of carbonyl (C=O) groups is 1. The van der Waals surface area contributed by atoms with E-state index < -0.39 is 23.8 Å². The molecule has 0 unspecified atom stereocenters. The maximum Gasteiger partial charge on any atom is 0.414 e. The molecule has 1 saturated heterocycles. The fourth-order valence-corrected chi connectivity index (χ4v) is 7.39. The smallest absolute Gasteiger partial charge is 0.414 e. The Morgan fingerprint density at radius 1 is 1.00 bits per heavy atom. The minimum Gasteiger partial charge on any atom is -0.449 e. The van der Waals surface area contributed by atoms with Gasteiger partial charge in [-0.2, -0.15) is 0 Å². The number of fused-ring (bicyclic) bond motifs is 4. The van der Waals surface area contributed by atoms with E-state index in [1.807, 2.05) is 19.9 Å². The van der Waals surface area contributed by atoms with Crippen LogP contribution in [-0.4, -0.2) is 40.1 Å². The number of methoxy groups -OCH3 is 1. The number of aryl methyl sites for hydroxylation is 2. The molecule has 10 heteroatoms. The summed E-state index contributed by atoms with van der Waals surface area (Å²) < 4.78 is 47.4. The Morgan fingerprint density at radius 3 is 2.41 bits per heavy atom. The van der Waals surface area contributed by atoms with E-state index in [4.69, 9.17) is 19.0 Å². The molecule has 0 spiro atoms. The lowest BCUT2D eigenvalue weighted by molar-refractivity contribution is -0.111. The molecular weight excluding hydrogens is 530 g/mol. The summed E-state index contributed by atoms with van der Waals surface area (Å²) in [5.74, 6) is -0.537. The van der Waals surface area contributed by atoms with Crippen LogP contribution in [0.4, 0.5) is 19.3 Å². The van der Waals surface area contributed by atoms with Crippen LogP contribution < -0.4 is 4.90 Å². The van der Waals surface area contributed by atoms with E-state index >= 15 is 0 Å². The Morgan fingerprint density at radius 2 is 1.76 bits per heavy atom. The Kier molecular flexibility index (Phi) is 5.97. The van der Waals surface area contributed by atoms with E-state index in [-0.39, 0.29) is 23.4 Å². The van der Waals surface area contributed by atoms with E-state index in [1.165, 1.54) is 11.0 Å². The van der Waals surface area contributed by atoms with Gasteiger partial charge < -0.3 is 18.6 Å². The van der Waals surface area contributed by atoms with Gasteiger partial charge in [-0.15, -0.1) is 0 Å². The lowest BCUT2D eigenvalue weighted by atomic mass is 9.62. The minimum absolute atomic E-state index is 0.0822. The van der Waals surface area contributed by atoms with Crippen molar-refractivity contribution in [3.05, 3.63) is 65.3 Å². The molecule has 0 radical (unpaired) electrons. The highest BCUT2D eigenvalue weighted by Gasteiger charge is 2.52. The van der Waals surface area contributed by atoms with Gasteiger partial charge >= 0.3 is 6.09 Å². The third-order valence-electron chi connectivity index (χ3n) is 9.65. The first-order chi connectivity index (χ1) is 19.7. The number of halogens is 2. The van der Waals surface area contributed by atoms with E-state index in [1.54, 1.807) is 7.11 Å². The number of amides is 1. The molecule has 3 heterocycles. The van der Waals surface area contributed by atoms with Gasteiger partial charge in [-0.25, -0.2) is 18.6 Å². The predicted molar refractivity (Wildman–Crippen MR) is 148 cm³/mol. The zero-order chi connectivity index (χ0) is 28.5. The molecule has 8 rings (SSSR count). The van der Waals surface area contributed by atoms with E-state index in [2.05, 4.69) is 21.9 Å². The number of rotatable bonds is 5. The van der Waals surface area contributed by atoms with Crippen LogP contribution in [0.25, 0.3) is 22.2 Å². The summed E-state index contributed by atoms with van der Waals surface area (Å²) >= 11 is 0. The van der Waals surface area contributed by atoms with Crippen LogP contribution in [0.3, 0.4) is 0 Å². The van der Waals surface area contributed by atoms with E-state index in [0.717, 1.165) is 90.1 Å². The molecule has 2 aromatic carbocycles. The Bertz CT molecular complexity index is 1630. The number of ether oxygens (including phenoxy) is 2. The molecule has 4 aliphatic rings. The average molecular weight is 563 g/mol. The van der Waals surface area contributed by atoms with Crippen molar-refractivity contribution < 1.29 is 27.6 Å². The standard InChI is InChI=1S/C31H32F2N4O4/c1-18-27(19(2)41-35-18)20-4-7-25-24(16-20)34-28(37(25)30-9-12-31(39-3,13-10-30)14-11-30)26-8-15-40-29(38)36(26)21-5-6-22(32)23(33)17-21/h4-7,16-17,26H,8-15H2,1-3H3/t26-,30?,31?/m1/s1. The molecule has 41 heavy (non-hydrogen) atoms. The average Bonchev–Trinajstić information content (AvgIpc) is 3.54. The molecule has 0 N–H and O–H groups in total. The number of cyclic esters (lactones) is 1. The molecule has 8 nitrogen and oxygen atoms in total. The van der Waals surface area contributed by atoms with Gasteiger partial charge in [0.25, 0.3) is 0 Å². The number of aromatic nitrogens is 3. The van der Waals surface area contributed by atoms with Crippen LogP contribution in [0.2, 0.25) is 0 Å². The number of carbonyl (C=O) groups excluding carboxylic acids is 1. The molecule has 214 valence electrons. The summed E-state index contributed by atoms with van der Waals surface area (Å²) in [4.78, 5) is 19.8. The second-order valence-electron chi connectivity index (χ2n) is 11.7. The van der Waals surface area contributed by atoms with Crippen molar-refractivity contribution in [1.29, 1.82) is 0 Å². The number of benzene rings is 2. The Balaban J connectivity index is 1.42. The van der Waals surface area contributed by atoms with Crippen LogP contribution in [0.5, 0.6) is 0 Å². The van der Waals surface area contributed by atoms with Crippen molar-refractivity contribution in [3.8, 4) is 11.1 Å². The van der Waals surface area contributed by atoms with Gasteiger partial charge in [-0.3, -0.25) is 4.90 Å². The zero-order valence-electron chi connectivity index (χ0n) is 23.4. The van der Waals surface area contributed by atoms with Crippen LogP contribution >= 0.6 is 0 Å². The second kappa shape index (κ2) is 9.37. The molecule has 1 aliphatic heterocycles. The van der Waals surface area contributed by atoms with Crippen LogP contribution in [-0.2, 0) is 15.0 Å². The summed E-state index contributed by atoms with van der Waals surface area (Å²) in [6.07, 6.45) is 5.46. The van der Waals surface area contributed by atoms with Crippen molar-refractivity contribution in [2.75, 3.05) is 18.6 Å². The third kappa shape index (κ3) is 3.98. The monoisotopic (exact) mass is 562 g/mol. The summed E-state index contributed by atoms with van der Waals surface area (Å²) in [6.45, 7) is 4.01. The molecule has 4 aromatic rings. The van der Waals surface area contributed by atoms with E-state index in [9.17, 15) is 13.6 Å². The maximum absolute atomic E-state index is 14.4. The SMILES string of the molecule is COC12CCC(n3c([C@H]4CCOC(=O)N4c4ccc(F)c(F)c4)nc4cc(-c5c(C)noc5C)ccc43)(CC1)CC2. The first-order valence-electron chi connectivity index (χ1n) is 14.2. The molecule has 3 aliphatic carbocycles. The molecule has 4 fully saturated rings. The summed E-state index contributed by atoms with van der Waals surface area (Å²) in [5.41, 5.74) is 4.42. The third-order valence-corrected chi connectivity index (χ3v) is 9.65. The zero-order valence-corrected chi connectivity index (χ0v) is 23.4. The Labute approximate surface area is 236 Å². The fraction of sp³-hybridized carbons (Fsp3) is 0.452. The van der Waals surface area contributed by atoms with Gasteiger partial charge in [0, 0.05) is 30.7 Å². The van der Waals surface area contributed by atoms with Crippen molar-refractivity contribution in [1.82, 2.24) is 14.7 Å². The second-order valence-corrected chi connectivity index (χ2v) is 11.7. The van der Waals surface area contributed by atoms with Gasteiger partial charge in [0.2, 0.25) is 0 Å². The number of hydrogen-bond donors (Lipinski definition) is 0. The quantitative estimate of drug-likeness (QED) is 0.258. The lowest BCUT2D eigenvalue weighted by Crippen LogP contribution is -2.53. The summed E-state index contributed by atoms with van der Waals surface area (Å²) in [7, 11) is 1.81. The van der Waals surface area contributed by atoms with Crippen LogP contribution in [0.15, 0.2) is 40.9 Å². The first kappa shape index (κ1) is 26.1. The van der Waals surface area contributed by atoms with Crippen LogP contribution in [0, 0.1) is 25.5 Å².